The van der Waals surface area contributed by atoms with Gasteiger partial charge in [-0.1, -0.05) is 46.8 Å². The van der Waals surface area contributed by atoms with E-state index in [4.69, 9.17) is 4.43 Å². The third-order valence-electron chi connectivity index (χ3n) is 8.98. The summed E-state index contributed by atoms with van der Waals surface area (Å²) < 4.78 is 6.82. The van der Waals surface area contributed by atoms with Crippen molar-refractivity contribution in [1.29, 1.82) is 0 Å². The molecule has 0 radical (unpaired) electrons. The molecule has 0 heterocycles. The van der Waals surface area contributed by atoms with E-state index in [0.717, 1.165) is 25.7 Å². The van der Waals surface area contributed by atoms with Gasteiger partial charge >= 0.3 is 0 Å². The lowest BCUT2D eigenvalue weighted by molar-refractivity contribution is -0.130. The molecule has 0 saturated heterocycles. The molecule has 160 valence electrons. The number of fused-ring (bicyclic) bond motifs is 1. The molecule has 0 bridgehead atoms. The topological polar surface area (TPSA) is 26.3 Å². The Bertz CT molecular complexity index is 631. The van der Waals surface area contributed by atoms with E-state index in [2.05, 4.69) is 66.8 Å². The Morgan fingerprint density at radius 2 is 1.93 bits per heavy atom. The van der Waals surface area contributed by atoms with Crippen LogP contribution >= 0.6 is 0 Å². The maximum atomic E-state index is 12.5. The zero-order valence-corrected chi connectivity index (χ0v) is 20.7. The van der Waals surface area contributed by atoms with E-state index < -0.39 is 8.32 Å². The molecule has 2 nitrogen and oxygen atoms in total. The summed E-state index contributed by atoms with van der Waals surface area (Å²) in [5.74, 6) is 2.92. The molecule has 3 rings (SSSR count). The highest BCUT2D eigenvalue weighted by Gasteiger charge is 2.52. The molecule has 6 atom stereocenters. The average molecular weight is 405 g/mol. The van der Waals surface area contributed by atoms with Crippen LogP contribution in [0.15, 0.2) is 12.2 Å². The SMILES string of the molecule is C[C@H](C[C@@H]1C=C[C@](C)(O[Si](C)(C)C(C)(C)C)C1)[C@H]1CCC2C(=O)CCC[C@]21C. The van der Waals surface area contributed by atoms with Crippen LogP contribution < -0.4 is 0 Å². The number of Topliss-reactive ketones (excluding diaryl/α,β-unsaturated/α-hetero) is 1. The Morgan fingerprint density at radius 1 is 1.25 bits per heavy atom. The summed E-state index contributed by atoms with van der Waals surface area (Å²) in [7, 11) is -1.77. The lowest BCUT2D eigenvalue weighted by atomic mass is 9.61. The van der Waals surface area contributed by atoms with Crippen LogP contribution in [0, 0.1) is 29.1 Å². The Kier molecular flexibility index (Phi) is 5.87. The molecule has 0 aromatic rings. The first kappa shape index (κ1) is 22.3. The van der Waals surface area contributed by atoms with Gasteiger partial charge in [0, 0.05) is 12.3 Å². The average Bonchev–Trinajstić information content (AvgIpc) is 3.06. The third kappa shape index (κ3) is 4.08. The van der Waals surface area contributed by atoms with E-state index in [1.807, 2.05) is 0 Å². The predicted octanol–water partition coefficient (Wildman–Crippen LogP) is 7.15. The van der Waals surface area contributed by atoms with Crippen molar-refractivity contribution >= 4 is 14.1 Å². The van der Waals surface area contributed by atoms with E-state index in [-0.39, 0.29) is 16.1 Å². The Balaban J connectivity index is 1.61. The fourth-order valence-corrected chi connectivity index (χ4v) is 8.14. The van der Waals surface area contributed by atoms with Gasteiger partial charge in [-0.15, -0.1) is 0 Å². The van der Waals surface area contributed by atoms with Crippen molar-refractivity contribution in [1.82, 2.24) is 0 Å². The van der Waals surface area contributed by atoms with E-state index in [1.165, 1.54) is 19.3 Å². The highest BCUT2D eigenvalue weighted by Crippen LogP contribution is 2.57. The predicted molar refractivity (Wildman–Crippen MR) is 121 cm³/mol. The van der Waals surface area contributed by atoms with Crippen LogP contribution in [-0.4, -0.2) is 19.7 Å². The summed E-state index contributed by atoms with van der Waals surface area (Å²) >= 11 is 0. The standard InChI is InChI=1S/C25H44O2Si/c1-18(20-11-12-21-22(26)10-9-14-25(20,21)6)16-19-13-15-24(5,17-19)27-28(7,8)23(2,3)4/h13,15,18-21H,9-12,14,16-17H2,1-8H3/t18-,19+,20-,21?,24+,25+/m1/s1. The molecule has 3 aliphatic carbocycles. The maximum absolute atomic E-state index is 12.5. The van der Waals surface area contributed by atoms with E-state index in [1.54, 1.807) is 0 Å². The molecule has 3 heteroatoms. The highest BCUT2D eigenvalue weighted by atomic mass is 28.4. The number of hydrogen-bond acceptors (Lipinski definition) is 2. The maximum Gasteiger partial charge on any atom is 0.193 e. The van der Waals surface area contributed by atoms with Gasteiger partial charge in [-0.3, -0.25) is 4.79 Å². The minimum Gasteiger partial charge on any atom is -0.408 e. The number of carbonyl (C=O) groups is 1. The van der Waals surface area contributed by atoms with Gasteiger partial charge in [0.05, 0.1) is 5.60 Å². The van der Waals surface area contributed by atoms with E-state index in [9.17, 15) is 4.79 Å². The monoisotopic (exact) mass is 404 g/mol. The van der Waals surface area contributed by atoms with Crippen LogP contribution in [0.3, 0.4) is 0 Å². The Labute approximate surface area is 175 Å². The molecule has 28 heavy (non-hydrogen) atoms. The van der Waals surface area contributed by atoms with Crippen molar-refractivity contribution in [2.24, 2.45) is 29.1 Å². The first-order valence-corrected chi connectivity index (χ1v) is 14.6. The van der Waals surface area contributed by atoms with E-state index in [0.29, 0.717) is 29.5 Å². The summed E-state index contributed by atoms with van der Waals surface area (Å²) in [4.78, 5) is 12.5. The molecule has 2 fully saturated rings. The van der Waals surface area contributed by atoms with E-state index >= 15 is 0 Å². The van der Waals surface area contributed by atoms with Gasteiger partial charge in [-0.25, -0.2) is 0 Å². The molecule has 1 unspecified atom stereocenters. The van der Waals surface area contributed by atoms with Crippen LogP contribution in [0.4, 0.5) is 0 Å². The number of allylic oxidation sites excluding steroid dienone is 1. The second kappa shape index (κ2) is 7.37. The molecule has 2 saturated carbocycles. The van der Waals surface area contributed by atoms with Crippen LogP contribution in [0.1, 0.15) is 86.5 Å². The second-order valence-corrected chi connectivity index (χ2v) is 17.0. The minimum absolute atomic E-state index is 0.101. The summed E-state index contributed by atoms with van der Waals surface area (Å²) in [6.45, 7) is 18.9. The molecule has 0 aliphatic heterocycles. The molecular formula is C25H44O2Si. The second-order valence-electron chi connectivity index (χ2n) is 12.3. The highest BCUT2D eigenvalue weighted by molar-refractivity contribution is 6.74. The zero-order valence-electron chi connectivity index (χ0n) is 19.7. The van der Waals surface area contributed by atoms with Gasteiger partial charge in [-0.05, 0) is 86.7 Å². The smallest absolute Gasteiger partial charge is 0.193 e. The fourth-order valence-electron chi connectivity index (χ4n) is 6.52. The first-order valence-electron chi connectivity index (χ1n) is 11.7. The van der Waals surface area contributed by atoms with Gasteiger partial charge in [0.1, 0.15) is 5.78 Å². The number of rotatable bonds is 5. The summed E-state index contributed by atoms with van der Waals surface area (Å²) in [6.07, 6.45) is 12.7. The van der Waals surface area contributed by atoms with Gasteiger partial charge in [0.25, 0.3) is 0 Å². The number of hydrogen-bond donors (Lipinski definition) is 0. The van der Waals surface area contributed by atoms with Crippen LogP contribution in [-0.2, 0) is 9.22 Å². The first-order chi connectivity index (χ1) is 12.8. The van der Waals surface area contributed by atoms with Crippen molar-refractivity contribution in [2.75, 3.05) is 0 Å². The molecule has 3 aliphatic rings. The quantitative estimate of drug-likeness (QED) is 0.359. The van der Waals surface area contributed by atoms with Gasteiger partial charge in [0.15, 0.2) is 8.32 Å². The molecule has 0 amide bonds. The third-order valence-corrected chi connectivity index (χ3v) is 13.6. The largest absolute Gasteiger partial charge is 0.408 e. The van der Waals surface area contributed by atoms with Crippen molar-refractivity contribution in [3.63, 3.8) is 0 Å². The van der Waals surface area contributed by atoms with Gasteiger partial charge < -0.3 is 4.43 Å². The fraction of sp³-hybridized carbons (Fsp3) is 0.880. The number of ketones is 1. The summed E-state index contributed by atoms with van der Waals surface area (Å²) in [5.41, 5.74) is 0.161. The van der Waals surface area contributed by atoms with Crippen LogP contribution in [0.2, 0.25) is 18.1 Å². The van der Waals surface area contributed by atoms with Crippen LogP contribution in [0.5, 0.6) is 0 Å². The Hall–Kier alpha value is -0.413. The van der Waals surface area contributed by atoms with Crippen molar-refractivity contribution < 1.29 is 9.22 Å². The number of carbonyl (C=O) groups excluding carboxylic acids is 1. The van der Waals surface area contributed by atoms with Crippen molar-refractivity contribution in [2.45, 2.75) is 110 Å². The van der Waals surface area contributed by atoms with Crippen LogP contribution in [0.25, 0.3) is 0 Å². The Morgan fingerprint density at radius 3 is 2.57 bits per heavy atom. The molecule has 0 aromatic heterocycles. The lowest BCUT2D eigenvalue weighted by Crippen LogP contribution is -2.47. The summed E-state index contributed by atoms with van der Waals surface area (Å²) in [5, 5.41) is 0.246. The zero-order chi connectivity index (χ0) is 21.0. The molecule has 0 spiro atoms. The molecular weight excluding hydrogens is 360 g/mol. The lowest BCUT2D eigenvalue weighted by Gasteiger charge is -2.43. The van der Waals surface area contributed by atoms with Crippen molar-refractivity contribution in [3.8, 4) is 0 Å². The van der Waals surface area contributed by atoms with Gasteiger partial charge in [-0.2, -0.15) is 0 Å². The molecule has 0 N–H and O–H groups in total. The molecule has 0 aromatic carbocycles. The van der Waals surface area contributed by atoms with Gasteiger partial charge in [0.2, 0.25) is 0 Å². The summed E-state index contributed by atoms with van der Waals surface area (Å²) in [6, 6.07) is 0. The minimum atomic E-state index is -1.77. The van der Waals surface area contributed by atoms with Crippen molar-refractivity contribution in [3.05, 3.63) is 12.2 Å². The normalized spacial score (nSPS) is 40.0.